The molecule has 182 valence electrons. The molecule has 4 atom stereocenters. The molecule has 0 radical (unpaired) electrons. The third-order valence-electron chi connectivity index (χ3n) is 5.77. The van der Waals surface area contributed by atoms with Gasteiger partial charge in [-0.1, -0.05) is 58.0 Å². The number of carboxylic acid groups (broad SMARTS) is 1. The number of amides is 3. The maximum absolute atomic E-state index is 13.2. The summed E-state index contributed by atoms with van der Waals surface area (Å²) in [5.74, 6) is -3.05. The zero-order chi connectivity index (χ0) is 24.5. The fourth-order valence-corrected chi connectivity index (χ4v) is 3.79. The summed E-state index contributed by atoms with van der Waals surface area (Å²) in [6.07, 6.45) is 1.86. The van der Waals surface area contributed by atoms with Crippen LogP contribution in [0.5, 0.6) is 0 Å². The van der Waals surface area contributed by atoms with Gasteiger partial charge in [-0.2, -0.15) is 0 Å². The molecule has 33 heavy (non-hydrogen) atoms. The summed E-state index contributed by atoms with van der Waals surface area (Å²) in [5.41, 5.74) is 0.869. The van der Waals surface area contributed by atoms with Crippen LogP contribution in [-0.2, 0) is 25.6 Å². The van der Waals surface area contributed by atoms with E-state index in [0.717, 1.165) is 18.5 Å². The Labute approximate surface area is 195 Å². The van der Waals surface area contributed by atoms with Crippen molar-refractivity contribution < 1.29 is 24.3 Å². The number of rotatable bonds is 11. The first-order valence-electron chi connectivity index (χ1n) is 11.5. The van der Waals surface area contributed by atoms with Gasteiger partial charge in [0.1, 0.15) is 18.1 Å². The lowest BCUT2D eigenvalue weighted by Crippen LogP contribution is -2.59. The lowest BCUT2D eigenvalue weighted by molar-refractivity contribution is -0.143. The summed E-state index contributed by atoms with van der Waals surface area (Å²) < 4.78 is 0. The van der Waals surface area contributed by atoms with Crippen LogP contribution in [0.2, 0.25) is 0 Å². The highest BCUT2D eigenvalue weighted by Crippen LogP contribution is 2.10. The molecule has 2 rings (SSSR count). The van der Waals surface area contributed by atoms with Gasteiger partial charge < -0.3 is 26.4 Å². The van der Waals surface area contributed by atoms with Crippen molar-refractivity contribution in [2.75, 3.05) is 6.54 Å². The zero-order valence-electron chi connectivity index (χ0n) is 19.8. The second-order valence-corrected chi connectivity index (χ2v) is 9.20. The fourth-order valence-electron chi connectivity index (χ4n) is 3.79. The number of aliphatic carboxylic acids is 1. The topological polar surface area (TPSA) is 137 Å². The first-order valence-corrected chi connectivity index (χ1v) is 11.5. The summed E-state index contributed by atoms with van der Waals surface area (Å²) in [7, 11) is 0. The molecule has 0 spiro atoms. The largest absolute Gasteiger partial charge is 0.480 e. The van der Waals surface area contributed by atoms with Gasteiger partial charge >= 0.3 is 5.97 Å². The number of nitrogens with one attached hydrogen (secondary N) is 4. The molecule has 0 aromatic heterocycles. The summed E-state index contributed by atoms with van der Waals surface area (Å²) in [5, 5.41) is 20.6. The Morgan fingerprint density at radius 2 is 1.55 bits per heavy atom. The molecule has 0 saturated carbocycles. The molecule has 0 bridgehead atoms. The van der Waals surface area contributed by atoms with E-state index in [0.29, 0.717) is 6.42 Å². The molecule has 9 nitrogen and oxygen atoms in total. The molecule has 5 N–H and O–H groups in total. The zero-order valence-corrected chi connectivity index (χ0v) is 19.8. The van der Waals surface area contributed by atoms with E-state index in [1.165, 1.54) is 0 Å². The van der Waals surface area contributed by atoms with Crippen LogP contribution in [-0.4, -0.2) is 59.5 Å². The van der Waals surface area contributed by atoms with Crippen LogP contribution in [0.3, 0.4) is 0 Å². The molecule has 0 aliphatic carbocycles. The van der Waals surface area contributed by atoms with Gasteiger partial charge in [-0.3, -0.25) is 14.4 Å². The fraction of sp³-hybridized carbons (Fsp3) is 0.583. The Morgan fingerprint density at radius 3 is 2.06 bits per heavy atom. The van der Waals surface area contributed by atoms with E-state index >= 15 is 0 Å². The van der Waals surface area contributed by atoms with Gasteiger partial charge in [0.05, 0.1) is 6.04 Å². The van der Waals surface area contributed by atoms with E-state index in [1.807, 2.05) is 30.3 Å². The molecule has 1 saturated heterocycles. The highest BCUT2D eigenvalue weighted by atomic mass is 16.4. The van der Waals surface area contributed by atoms with E-state index < -0.39 is 35.9 Å². The number of hydrogen-bond acceptors (Lipinski definition) is 5. The predicted octanol–water partition coefficient (Wildman–Crippen LogP) is 0.832. The molecule has 1 aromatic rings. The van der Waals surface area contributed by atoms with Crippen molar-refractivity contribution in [3.05, 3.63) is 35.9 Å². The van der Waals surface area contributed by atoms with Crippen molar-refractivity contribution in [1.29, 1.82) is 0 Å². The quantitative estimate of drug-likeness (QED) is 0.332. The maximum atomic E-state index is 13.2. The van der Waals surface area contributed by atoms with Gasteiger partial charge in [-0.15, -0.1) is 0 Å². The molecule has 1 aliphatic rings. The molecular weight excluding hydrogens is 424 g/mol. The van der Waals surface area contributed by atoms with Crippen LogP contribution in [0.15, 0.2) is 30.3 Å². The number of hydrogen-bond donors (Lipinski definition) is 5. The van der Waals surface area contributed by atoms with Crippen LogP contribution in [0.25, 0.3) is 0 Å². The van der Waals surface area contributed by atoms with Crippen molar-refractivity contribution in [2.24, 2.45) is 11.8 Å². The first-order chi connectivity index (χ1) is 15.6. The normalized spacial score (nSPS) is 18.4. The molecule has 1 heterocycles. The average molecular weight is 461 g/mol. The molecule has 3 amide bonds. The van der Waals surface area contributed by atoms with Gasteiger partial charge in [0.25, 0.3) is 0 Å². The van der Waals surface area contributed by atoms with Gasteiger partial charge in [0.15, 0.2) is 0 Å². The number of benzene rings is 1. The average Bonchev–Trinajstić information content (AvgIpc) is 3.30. The third kappa shape index (κ3) is 7.85. The van der Waals surface area contributed by atoms with Crippen molar-refractivity contribution >= 4 is 23.7 Å². The molecule has 1 aromatic carbocycles. The van der Waals surface area contributed by atoms with Crippen molar-refractivity contribution in [2.45, 2.75) is 71.1 Å². The van der Waals surface area contributed by atoms with Crippen molar-refractivity contribution in [3.8, 4) is 0 Å². The van der Waals surface area contributed by atoms with Crippen LogP contribution in [0.4, 0.5) is 0 Å². The summed E-state index contributed by atoms with van der Waals surface area (Å²) in [6, 6.07) is 6.08. The van der Waals surface area contributed by atoms with Gasteiger partial charge in [0, 0.05) is 6.42 Å². The summed E-state index contributed by atoms with van der Waals surface area (Å²) >= 11 is 0. The highest BCUT2D eigenvalue weighted by molar-refractivity contribution is 5.94. The lowest BCUT2D eigenvalue weighted by atomic mass is 9.99. The SMILES string of the molecule is CC(C)C(NC(=O)C(NC(=O)C(Cc1ccccc1)NC(=O)C1CCCN1)C(C)C)C(=O)O. The lowest BCUT2D eigenvalue weighted by Gasteiger charge is -2.28. The maximum Gasteiger partial charge on any atom is 0.326 e. The second kappa shape index (κ2) is 12.3. The Morgan fingerprint density at radius 1 is 0.939 bits per heavy atom. The predicted molar refractivity (Wildman–Crippen MR) is 124 cm³/mol. The Hall–Kier alpha value is -2.94. The molecule has 1 aliphatic heterocycles. The number of carboxylic acids is 1. The van der Waals surface area contributed by atoms with Crippen LogP contribution in [0, 0.1) is 11.8 Å². The minimum absolute atomic E-state index is 0.250. The standard InChI is InChI=1S/C24H36N4O5/c1-14(2)19(23(31)28-20(15(3)4)24(32)33)27-22(30)18(13-16-9-6-5-7-10-16)26-21(29)17-11-8-12-25-17/h5-7,9-10,14-15,17-20,25H,8,11-13H2,1-4H3,(H,26,29)(H,27,30)(H,28,31)(H,32,33). The molecule has 1 fully saturated rings. The smallest absolute Gasteiger partial charge is 0.326 e. The van der Waals surface area contributed by atoms with Gasteiger partial charge in [-0.25, -0.2) is 4.79 Å². The van der Waals surface area contributed by atoms with E-state index in [-0.39, 0.29) is 30.2 Å². The van der Waals surface area contributed by atoms with Crippen LogP contribution < -0.4 is 21.3 Å². The minimum atomic E-state index is -1.13. The third-order valence-corrected chi connectivity index (χ3v) is 5.77. The van der Waals surface area contributed by atoms with Gasteiger partial charge in [0.2, 0.25) is 17.7 Å². The van der Waals surface area contributed by atoms with Crippen molar-refractivity contribution in [1.82, 2.24) is 21.3 Å². The van der Waals surface area contributed by atoms with Crippen molar-refractivity contribution in [3.63, 3.8) is 0 Å². The Kier molecular flexibility index (Phi) is 9.84. The Balaban J connectivity index is 2.16. The summed E-state index contributed by atoms with van der Waals surface area (Å²) in [6.45, 7) is 7.69. The molecular formula is C24H36N4O5. The van der Waals surface area contributed by atoms with Crippen LogP contribution in [0.1, 0.15) is 46.1 Å². The van der Waals surface area contributed by atoms with E-state index in [4.69, 9.17) is 0 Å². The molecule has 9 heteroatoms. The first kappa shape index (κ1) is 26.3. The van der Waals surface area contributed by atoms with E-state index in [1.54, 1.807) is 27.7 Å². The minimum Gasteiger partial charge on any atom is -0.480 e. The Bertz CT molecular complexity index is 821. The van der Waals surface area contributed by atoms with Gasteiger partial charge in [-0.05, 0) is 36.8 Å². The highest BCUT2D eigenvalue weighted by Gasteiger charge is 2.33. The van der Waals surface area contributed by atoms with Crippen LogP contribution >= 0.6 is 0 Å². The second-order valence-electron chi connectivity index (χ2n) is 9.20. The monoisotopic (exact) mass is 460 g/mol. The molecule has 4 unspecified atom stereocenters. The summed E-state index contributed by atoms with van der Waals surface area (Å²) in [4.78, 5) is 50.3. The van der Waals surface area contributed by atoms with E-state index in [2.05, 4.69) is 21.3 Å². The number of carbonyl (C=O) groups excluding carboxylic acids is 3. The van der Waals surface area contributed by atoms with E-state index in [9.17, 15) is 24.3 Å². The number of carbonyl (C=O) groups is 4.